The van der Waals surface area contributed by atoms with Gasteiger partial charge in [-0.05, 0) is 19.1 Å². The maximum atomic E-state index is 11.5. The number of hydrogen-bond donors (Lipinski definition) is 0. The Morgan fingerprint density at radius 2 is 1.88 bits per heavy atom. The summed E-state index contributed by atoms with van der Waals surface area (Å²) in [5, 5.41) is 3.82. The van der Waals surface area contributed by atoms with Crippen LogP contribution in [0.3, 0.4) is 0 Å². The molecule has 0 aliphatic heterocycles. The van der Waals surface area contributed by atoms with E-state index >= 15 is 0 Å². The third-order valence-corrected chi connectivity index (χ3v) is 2.80. The zero-order chi connectivity index (χ0) is 17.4. The Morgan fingerprint density at radius 1 is 1.17 bits per heavy atom. The summed E-state index contributed by atoms with van der Waals surface area (Å²) in [4.78, 5) is 26.7. The maximum Gasteiger partial charge on any atom is 0.331 e. The number of ether oxygens (including phenoxy) is 3. The fraction of sp³-hybridized carbons (Fsp3) is 0.250. The molecule has 0 saturated carbocycles. The van der Waals surface area contributed by atoms with Gasteiger partial charge in [0, 0.05) is 12.2 Å². The summed E-state index contributed by atoms with van der Waals surface area (Å²) in [6.45, 7) is 1.68. The Bertz CT molecular complexity index is 738. The highest BCUT2D eigenvalue weighted by atomic mass is 16.6. The molecule has 0 unspecified atom stereocenters. The van der Waals surface area contributed by atoms with Crippen molar-refractivity contribution in [2.45, 2.75) is 13.5 Å². The van der Waals surface area contributed by atoms with Gasteiger partial charge in [0.25, 0.3) is 5.89 Å². The normalized spacial score (nSPS) is 10.6. The molecule has 0 fully saturated rings. The van der Waals surface area contributed by atoms with Gasteiger partial charge < -0.3 is 18.7 Å². The van der Waals surface area contributed by atoms with Crippen molar-refractivity contribution in [3.63, 3.8) is 0 Å². The van der Waals surface area contributed by atoms with Crippen LogP contribution < -0.4 is 4.74 Å². The largest absolute Gasteiger partial charge is 0.496 e. The Labute approximate surface area is 138 Å². The van der Waals surface area contributed by atoms with Crippen LogP contribution in [0.25, 0.3) is 11.4 Å². The number of carbonyl (C=O) groups excluding carboxylic acids is 2. The molecule has 2 aromatic rings. The number of rotatable bonds is 7. The highest BCUT2D eigenvalue weighted by molar-refractivity contribution is 5.91. The lowest BCUT2D eigenvalue weighted by atomic mass is 10.2. The zero-order valence-corrected chi connectivity index (χ0v) is 13.2. The molecule has 1 heterocycles. The van der Waals surface area contributed by atoms with Gasteiger partial charge in [0.05, 0.1) is 19.3 Å². The molecule has 0 spiro atoms. The molecule has 8 nitrogen and oxygen atoms in total. The van der Waals surface area contributed by atoms with Crippen LogP contribution in [0.2, 0.25) is 0 Å². The first kappa shape index (κ1) is 17.2. The van der Waals surface area contributed by atoms with Crippen LogP contribution in [0.15, 0.2) is 40.9 Å². The molecule has 0 atom stereocenters. The van der Waals surface area contributed by atoms with Crippen molar-refractivity contribution in [1.29, 1.82) is 0 Å². The topological polar surface area (TPSA) is 101 Å². The second kappa shape index (κ2) is 8.47. The molecule has 24 heavy (non-hydrogen) atoms. The molecule has 126 valence electrons. The number of hydrogen-bond acceptors (Lipinski definition) is 8. The van der Waals surface area contributed by atoms with Gasteiger partial charge in [0.2, 0.25) is 5.82 Å². The summed E-state index contributed by atoms with van der Waals surface area (Å²) in [6.07, 6.45) is 1.95. The molecule has 0 radical (unpaired) electrons. The van der Waals surface area contributed by atoms with Crippen molar-refractivity contribution >= 4 is 11.9 Å². The van der Waals surface area contributed by atoms with E-state index < -0.39 is 11.9 Å². The number of aromatic nitrogens is 2. The molecule has 0 aliphatic carbocycles. The summed E-state index contributed by atoms with van der Waals surface area (Å²) < 4.78 is 19.8. The predicted molar refractivity (Wildman–Crippen MR) is 81.9 cm³/mol. The van der Waals surface area contributed by atoms with Crippen molar-refractivity contribution in [3.05, 3.63) is 42.3 Å². The molecule has 2 rings (SSSR count). The lowest BCUT2D eigenvalue weighted by molar-refractivity contribution is -0.141. The molecule has 1 aromatic carbocycles. The fourth-order valence-corrected chi connectivity index (χ4v) is 1.76. The quantitative estimate of drug-likeness (QED) is 0.560. The first-order valence-corrected chi connectivity index (χ1v) is 7.11. The highest BCUT2D eigenvalue weighted by Crippen LogP contribution is 2.27. The van der Waals surface area contributed by atoms with E-state index in [2.05, 4.69) is 14.9 Å². The molecule has 0 amide bonds. The van der Waals surface area contributed by atoms with Crippen molar-refractivity contribution in [1.82, 2.24) is 10.1 Å². The lowest BCUT2D eigenvalue weighted by Crippen LogP contribution is -2.04. The average Bonchev–Trinajstić information content (AvgIpc) is 3.07. The van der Waals surface area contributed by atoms with Gasteiger partial charge in [-0.3, -0.25) is 0 Å². The third-order valence-electron chi connectivity index (χ3n) is 2.80. The Morgan fingerprint density at radius 3 is 2.58 bits per heavy atom. The monoisotopic (exact) mass is 332 g/mol. The van der Waals surface area contributed by atoms with Gasteiger partial charge in [0.1, 0.15) is 5.75 Å². The van der Waals surface area contributed by atoms with Crippen LogP contribution in [0, 0.1) is 0 Å². The standard InChI is InChI=1S/C16H16N2O6/c1-3-22-14(19)8-9-15(20)23-10-13-17-16(18-24-13)11-6-4-5-7-12(11)21-2/h4-9H,3,10H2,1-2H3/b9-8+. The number of carbonyl (C=O) groups is 2. The summed E-state index contributed by atoms with van der Waals surface area (Å²) in [5.41, 5.74) is 0.656. The van der Waals surface area contributed by atoms with Gasteiger partial charge in [-0.2, -0.15) is 4.98 Å². The highest BCUT2D eigenvalue weighted by Gasteiger charge is 2.13. The maximum absolute atomic E-state index is 11.5. The predicted octanol–water partition coefficient (Wildman–Crippen LogP) is 1.91. The van der Waals surface area contributed by atoms with Crippen LogP contribution in [-0.4, -0.2) is 35.8 Å². The Hall–Kier alpha value is -3.16. The summed E-state index contributed by atoms with van der Waals surface area (Å²) in [7, 11) is 1.54. The first-order valence-electron chi connectivity index (χ1n) is 7.11. The van der Waals surface area contributed by atoms with E-state index in [1.807, 2.05) is 12.1 Å². The molecule has 8 heteroatoms. The van der Waals surface area contributed by atoms with Crippen LogP contribution in [0.4, 0.5) is 0 Å². The molecule has 0 N–H and O–H groups in total. The molecular formula is C16H16N2O6. The van der Waals surface area contributed by atoms with Gasteiger partial charge >= 0.3 is 11.9 Å². The Kier molecular flexibility index (Phi) is 6.07. The number of methoxy groups -OCH3 is 1. The van der Waals surface area contributed by atoms with E-state index in [0.717, 1.165) is 12.2 Å². The molecule has 0 saturated heterocycles. The molecule has 1 aromatic heterocycles. The molecule has 0 bridgehead atoms. The fourth-order valence-electron chi connectivity index (χ4n) is 1.76. The van der Waals surface area contributed by atoms with Crippen LogP contribution in [-0.2, 0) is 25.7 Å². The van der Waals surface area contributed by atoms with Crippen LogP contribution >= 0.6 is 0 Å². The second-order valence-electron chi connectivity index (χ2n) is 4.41. The van der Waals surface area contributed by atoms with E-state index in [4.69, 9.17) is 14.0 Å². The first-order chi connectivity index (χ1) is 11.6. The number of nitrogens with zero attached hydrogens (tertiary/aromatic N) is 2. The summed E-state index contributed by atoms with van der Waals surface area (Å²) in [5.74, 6) is -0.306. The van der Waals surface area contributed by atoms with Gasteiger partial charge in [-0.15, -0.1) is 0 Å². The average molecular weight is 332 g/mol. The summed E-state index contributed by atoms with van der Waals surface area (Å²) >= 11 is 0. The Balaban J connectivity index is 1.95. The number of benzene rings is 1. The van der Waals surface area contributed by atoms with E-state index in [0.29, 0.717) is 17.1 Å². The van der Waals surface area contributed by atoms with Crippen molar-refractivity contribution in [2.75, 3.05) is 13.7 Å². The second-order valence-corrected chi connectivity index (χ2v) is 4.41. The minimum Gasteiger partial charge on any atom is -0.496 e. The van der Waals surface area contributed by atoms with E-state index in [1.54, 1.807) is 19.1 Å². The summed E-state index contributed by atoms with van der Waals surface area (Å²) in [6, 6.07) is 7.18. The van der Waals surface area contributed by atoms with Crippen molar-refractivity contribution < 1.29 is 28.3 Å². The van der Waals surface area contributed by atoms with Crippen molar-refractivity contribution in [3.8, 4) is 17.1 Å². The molecule has 0 aliphatic rings. The minimum absolute atomic E-state index is 0.119. The molecular weight excluding hydrogens is 316 g/mol. The van der Waals surface area contributed by atoms with E-state index in [-0.39, 0.29) is 19.1 Å². The van der Waals surface area contributed by atoms with Crippen LogP contribution in [0.1, 0.15) is 12.8 Å². The smallest absolute Gasteiger partial charge is 0.331 e. The van der Waals surface area contributed by atoms with E-state index in [1.165, 1.54) is 7.11 Å². The minimum atomic E-state index is -0.722. The van der Waals surface area contributed by atoms with E-state index in [9.17, 15) is 9.59 Å². The van der Waals surface area contributed by atoms with Gasteiger partial charge in [0.15, 0.2) is 6.61 Å². The van der Waals surface area contributed by atoms with Gasteiger partial charge in [-0.1, -0.05) is 17.3 Å². The number of esters is 2. The van der Waals surface area contributed by atoms with Gasteiger partial charge in [-0.25, -0.2) is 9.59 Å². The third kappa shape index (κ3) is 4.67. The van der Waals surface area contributed by atoms with Crippen molar-refractivity contribution in [2.24, 2.45) is 0 Å². The zero-order valence-electron chi connectivity index (χ0n) is 13.2. The SMILES string of the molecule is CCOC(=O)/C=C/C(=O)OCc1nc(-c2ccccc2OC)no1. The lowest BCUT2D eigenvalue weighted by Gasteiger charge is -2.03. The van der Waals surface area contributed by atoms with Crippen LogP contribution in [0.5, 0.6) is 5.75 Å². The number of para-hydroxylation sites is 1.